The van der Waals surface area contributed by atoms with Gasteiger partial charge in [0, 0.05) is 10.8 Å². The van der Waals surface area contributed by atoms with Crippen molar-refractivity contribution in [3.63, 3.8) is 0 Å². The van der Waals surface area contributed by atoms with Crippen LogP contribution in [0.5, 0.6) is 11.5 Å². The molecule has 6 rings (SSSR count). The molecule has 0 bridgehead atoms. The monoisotopic (exact) mass is 1150 g/mol. The van der Waals surface area contributed by atoms with Crippen LogP contribution < -0.4 is 9.47 Å². The lowest BCUT2D eigenvalue weighted by molar-refractivity contribution is 0.0485. The van der Waals surface area contributed by atoms with Gasteiger partial charge in [-0.2, -0.15) is 0 Å². The zero-order chi connectivity index (χ0) is 61.9. The number of rotatable bonds is 25. The minimum absolute atomic E-state index is 0.0835. The van der Waals surface area contributed by atoms with Crippen LogP contribution in [-0.4, -0.2) is 49.3 Å². The average Bonchev–Trinajstić information content (AvgIpc) is 3.05. The minimum Gasteiger partial charge on any atom is -0.485 e. The predicted octanol–water partition coefficient (Wildman–Crippen LogP) is 18.7. The van der Waals surface area contributed by atoms with Gasteiger partial charge in [-0.3, -0.25) is 0 Å². The van der Waals surface area contributed by atoms with Crippen molar-refractivity contribution in [3.8, 4) is 11.5 Å². The molecule has 0 spiro atoms. The topological polar surface area (TPSA) is 138 Å². The van der Waals surface area contributed by atoms with E-state index in [1.54, 1.807) is 25.1 Å². The maximum absolute atomic E-state index is 11.9. The highest BCUT2D eigenvalue weighted by Crippen LogP contribution is 2.44. The fraction of sp³-hybridized carbons (Fsp3) is 0.528. The Balaban J connectivity index is 0.000000311. The first-order valence-electron chi connectivity index (χ1n) is 30.4. The molecule has 4 aromatic carbocycles. The normalized spacial score (nSPS) is 13.3. The molecule has 2 N–H and O–H groups in total. The third-order valence-electron chi connectivity index (χ3n) is 18.0. The molecule has 10 nitrogen and oxygen atoms in total. The Morgan fingerprint density at radius 2 is 0.928 bits per heavy atom. The number of hydrogen-bond donors (Lipinski definition) is 2. The van der Waals surface area contributed by atoms with E-state index in [9.17, 15) is 14.7 Å². The first kappa shape index (κ1) is 67.9. The summed E-state index contributed by atoms with van der Waals surface area (Å²) in [5.74, 6) is 1.17. The van der Waals surface area contributed by atoms with E-state index in [0.29, 0.717) is 18.1 Å². The van der Waals surface area contributed by atoms with E-state index in [1.807, 2.05) is 13.0 Å². The maximum Gasteiger partial charge on any atom is 0.374 e. The molecule has 454 valence electrons. The second kappa shape index (κ2) is 28.3. The van der Waals surface area contributed by atoms with Gasteiger partial charge in [-0.1, -0.05) is 151 Å². The van der Waals surface area contributed by atoms with Crippen molar-refractivity contribution in [2.24, 2.45) is 10.8 Å². The molecule has 2 aromatic heterocycles. The number of benzene rings is 4. The quantitative estimate of drug-likeness (QED) is 0.0421. The summed E-state index contributed by atoms with van der Waals surface area (Å²) in [6.45, 7) is 45.0. The number of carboxylic acid groups (broad SMARTS) is 1. The summed E-state index contributed by atoms with van der Waals surface area (Å²) >= 11 is 0. The SMILES string of the molecule is CCC(CC)(c1ccc(CCC(O)C(C)(C)C)c(C)c1)c1ccc(OCc2ccc(C(=O)O)o2)c(C)c1.CCOC(=O)c1ccc(COc2ccc(C(CC)(CC)c3ccc(CCC(O[Si](C)(C)C(C)(C)C)C(C)(C)C)c(C)c3)cc2C)o1. The van der Waals surface area contributed by atoms with Crippen LogP contribution in [0, 0.1) is 38.5 Å². The molecule has 0 aliphatic rings. The Morgan fingerprint density at radius 1 is 0.530 bits per heavy atom. The van der Waals surface area contributed by atoms with Crippen molar-refractivity contribution in [1.82, 2.24) is 0 Å². The van der Waals surface area contributed by atoms with Crippen LogP contribution in [0.25, 0.3) is 0 Å². The molecule has 0 aliphatic carbocycles. The fourth-order valence-corrected chi connectivity index (χ4v) is 12.6. The molecule has 2 heterocycles. The number of carbonyl (C=O) groups excluding carboxylic acids is 1. The van der Waals surface area contributed by atoms with Gasteiger partial charge in [-0.15, -0.1) is 0 Å². The molecule has 6 aromatic rings. The highest BCUT2D eigenvalue weighted by Gasteiger charge is 2.42. The van der Waals surface area contributed by atoms with Crippen molar-refractivity contribution >= 4 is 20.3 Å². The number of aliphatic hydroxyl groups excluding tert-OH is 1. The Hall–Kier alpha value is -5.88. The van der Waals surface area contributed by atoms with E-state index in [0.717, 1.165) is 74.0 Å². The fourth-order valence-electron chi connectivity index (χ4n) is 11.1. The third-order valence-corrected chi connectivity index (χ3v) is 22.5. The van der Waals surface area contributed by atoms with Crippen molar-refractivity contribution in [1.29, 1.82) is 0 Å². The lowest BCUT2D eigenvalue weighted by atomic mass is 9.69. The number of aryl methyl sites for hydroxylation is 6. The van der Waals surface area contributed by atoms with Crippen molar-refractivity contribution in [2.45, 2.75) is 230 Å². The molecule has 83 heavy (non-hydrogen) atoms. The third kappa shape index (κ3) is 16.9. The van der Waals surface area contributed by atoms with Gasteiger partial charge in [0.1, 0.15) is 36.2 Å². The summed E-state index contributed by atoms with van der Waals surface area (Å²) in [5.41, 5.74) is 12.4. The number of esters is 1. The first-order chi connectivity index (χ1) is 38.8. The first-order valence-corrected chi connectivity index (χ1v) is 33.3. The molecule has 0 radical (unpaired) electrons. The van der Waals surface area contributed by atoms with Crippen LogP contribution in [0.4, 0.5) is 0 Å². The second-order valence-corrected chi connectivity index (χ2v) is 31.4. The smallest absolute Gasteiger partial charge is 0.374 e. The number of ether oxygens (including phenoxy) is 3. The van der Waals surface area contributed by atoms with E-state index in [1.165, 1.54) is 50.6 Å². The minimum atomic E-state index is -1.88. The molecule has 2 unspecified atom stereocenters. The van der Waals surface area contributed by atoms with E-state index >= 15 is 0 Å². The molecular formula is C72H102O10Si. The lowest BCUT2D eigenvalue weighted by Gasteiger charge is -2.43. The Kier molecular flexibility index (Phi) is 23.2. The van der Waals surface area contributed by atoms with Crippen molar-refractivity contribution in [3.05, 3.63) is 176 Å². The summed E-state index contributed by atoms with van der Waals surface area (Å²) in [6.07, 6.45) is 7.47. The van der Waals surface area contributed by atoms with E-state index in [-0.39, 0.29) is 63.6 Å². The highest BCUT2D eigenvalue weighted by atomic mass is 28.4. The molecule has 0 amide bonds. The number of aromatic carboxylic acids is 1. The second-order valence-electron chi connectivity index (χ2n) is 26.6. The predicted molar refractivity (Wildman–Crippen MR) is 340 cm³/mol. The van der Waals surface area contributed by atoms with Gasteiger partial charge >= 0.3 is 11.9 Å². The molecule has 11 heteroatoms. The Labute approximate surface area is 500 Å². The van der Waals surface area contributed by atoms with Gasteiger partial charge in [0.2, 0.25) is 11.5 Å². The largest absolute Gasteiger partial charge is 0.485 e. The summed E-state index contributed by atoms with van der Waals surface area (Å²) in [5, 5.41) is 19.7. The number of aliphatic hydroxyl groups is 1. The van der Waals surface area contributed by atoms with Crippen LogP contribution >= 0.6 is 0 Å². The van der Waals surface area contributed by atoms with Crippen molar-refractivity contribution < 1.29 is 47.3 Å². The van der Waals surface area contributed by atoms with Gasteiger partial charge in [-0.25, -0.2) is 9.59 Å². The molecule has 0 saturated carbocycles. The zero-order valence-corrected chi connectivity index (χ0v) is 55.3. The van der Waals surface area contributed by atoms with Gasteiger partial charge < -0.3 is 37.7 Å². The molecule has 2 atom stereocenters. The summed E-state index contributed by atoms with van der Waals surface area (Å²) in [4.78, 5) is 23.0. The van der Waals surface area contributed by atoms with Crippen LogP contribution in [0.15, 0.2) is 106 Å². The number of carbonyl (C=O) groups is 2. The van der Waals surface area contributed by atoms with Gasteiger partial charge in [-0.05, 0) is 207 Å². The standard InChI is InChI=1S/C40H60O5Si.C32H42O5/c1-14-40(15-2,32-20-22-34(29(5)26-32)43-27-33-21-23-35(44-33)37(41)42-16-3)31-19-17-30(28(4)25-31)18-24-36(38(6,7)8)45-46(12,13)39(9,10)11;1-8-32(9-2,24-12-10-23(21(3)18-24)11-17-29(33)31(5,6)7)25-13-15-27(22(4)19-25)36-20-26-14-16-28(37-26)30(34)35/h17,19-23,25-26,36H,14-16,18,24,27H2,1-13H3;10,12-16,18-19,29,33H,8-9,11,17,20H2,1-7H3,(H,34,35). The van der Waals surface area contributed by atoms with Gasteiger partial charge in [0.15, 0.2) is 8.32 Å². The van der Waals surface area contributed by atoms with E-state index in [2.05, 4.69) is 191 Å². The molecular weight excluding hydrogens is 1050 g/mol. The number of hydrogen-bond acceptors (Lipinski definition) is 9. The molecule has 0 fully saturated rings. The Morgan fingerprint density at radius 3 is 1.28 bits per heavy atom. The summed E-state index contributed by atoms with van der Waals surface area (Å²) in [6, 6.07) is 33.3. The van der Waals surface area contributed by atoms with Crippen LogP contribution in [0.1, 0.15) is 224 Å². The van der Waals surface area contributed by atoms with Gasteiger partial charge in [0.25, 0.3) is 0 Å². The van der Waals surface area contributed by atoms with Gasteiger partial charge in [0.05, 0.1) is 18.8 Å². The lowest BCUT2D eigenvalue weighted by Crippen LogP contribution is -2.47. The number of carboxylic acids is 1. The van der Waals surface area contributed by atoms with Crippen LogP contribution in [-0.2, 0) is 46.0 Å². The molecule has 0 aliphatic heterocycles. The Bertz CT molecular complexity index is 3070. The van der Waals surface area contributed by atoms with E-state index in [4.69, 9.17) is 32.6 Å². The van der Waals surface area contributed by atoms with Crippen LogP contribution in [0.2, 0.25) is 18.1 Å². The highest BCUT2D eigenvalue weighted by molar-refractivity contribution is 6.74. The van der Waals surface area contributed by atoms with E-state index < -0.39 is 20.3 Å². The molecule has 0 saturated heterocycles. The summed E-state index contributed by atoms with van der Waals surface area (Å²) < 4.78 is 35.0. The number of furan rings is 2. The zero-order valence-electron chi connectivity index (χ0n) is 54.3. The van der Waals surface area contributed by atoms with Crippen molar-refractivity contribution in [2.75, 3.05) is 6.61 Å². The average molecular weight is 1160 g/mol. The maximum atomic E-state index is 11.9. The van der Waals surface area contributed by atoms with Crippen LogP contribution in [0.3, 0.4) is 0 Å². The summed E-state index contributed by atoms with van der Waals surface area (Å²) in [7, 11) is -1.88.